The Balaban J connectivity index is 2.02. The molecule has 0 saturated heterocycles. The van der Waals surface area contributed by atoms with E-state index in [-0.39, 0.29) is 0 Å². The van der Waals surface area contributed by atoms with Crippen LogP contribution in [0.2, 0.25) is 0 Å². The van der Waals surface area contributed by atoms with Crippen molar-refractivity contribution < 1.29 is 14.6 Å². The molecular formula is C22H25NO3. The highest BCUT2D eigenvalue weighted by atomic mass is 16.5. The minimum atomic E-state index is -0.886. The number of aromatic nitrogens is 1. The van der Waals surface area contributed by atoms with Gasteiger partial charge in [-0.3, -0.25) is 0 Å². The van der Waals surface area contributed by atoms with Crippen LogP contribution >= 0.6 is 0 Å². The van der Waals surface area contributed by atoms with Crippen molar-refractivity contribution in [3.8, 4) is 5.75 Å². The molecule has 0 fully saturated rings. The standard InChI is InChI=1S/C22H25NO3/c1-3-4-5-8-18-20-16(14-15-10-12-17(26-2)13-11-15)7-6-9-19(20)23-21(18)22(24)25/h6-7,9-13,23H,3-5,8,14H2,1-2H3,(H,24,25). The number of aromatic amines is 1. The summed E-state index contributed by atoms with van der Waals surface area (Å²) in [5, 5.41) is 10.7. The Kier molecular flexibility index (Phi) is 5.61. The number of carboxylic acids is 1. The number of hydrogen-bond donors (Lipinski definition) is 2. The molecule has 4 nitrogen and oxygen atoms in total. The van der Waals surface area contributed by atoms with Gasteiger partial charge in [0.15, 0.2) is 0 Å². The minimum Gasteiger partial charge on any atom is -0.497 e. The molecule has 0 bridgehead atoms. The van der Waals surface area contributed by atoms with Gasteiger partial charge in [-0.15, -0.1) is 0 Å². The smallest absolute Gasteiger partial charge is 0.352 e. The maximum absolute atomic E-state index is 11.7. The number of carboxylic acid groups (broad SMARTS) is 1. The number of aryl methyl sites for hydroxylation is 1. The molecule has 0 amide bonds. The van der Waals surface area contributed by atoms with Gasteiger partial charge in [-0.05, 0) is 54.2 Å². The van der Waals surface area contributed by atoms with E-state index in [9.17, 15) is 9.90 Å². The van der Waals surface area contributed by atoms with E-state index in [1.54, 1.807) is 7.11 Å². The molecule has 2 aromatic carbocycles. The van der Waals surface area contributed by atoms with Gasteiger partial charge in [0.2, 0.25) is 0 Å². The normalized spacial score (nSPS) is 11.0. The highest BCUT2D eigenvalue weighted by molar-refractivity contribution is 5.98. The van der Waals surface area contributed by atoms with Crippen LogP contribution in [0.4, 0.5) is 0 Å². The lowest BCUT2D eigenvalue weighted by molar-refractivity contribution is 0.0690. The zero-order chi connectivity index (χ0) is 18.5. The van der Waals surface area contributed by atoms with Crippen LogP contribution < -0.4 is 4.74 Å². The lowest BCUT2D eigenvalue weighted by Crippen LogP contribution is -2.02. The van der Waals surface area contributed by atoms with Crippen LogP contribution in [-0.4, -0.2) is 23.2 Å². The average Bonchev–Trinajstić information content (AvgIpc) is 3.03. The summed E-state index contributed by atoms with van der Waals surface area (Å²) in [6, 6.07) is 14.1. The van der Waals surface area contributed by atoms with Gasteiger partial charge in [0.05, 0.1) is 7.11 Å². The Bertz CT molecular complexity index is 894. The van der Waals surface area contributed by atoms with Gasteiger partial charge in [0.25, 0.3) is 0 Å². The van der Waals surface area contributed by atoms with Crippen molar-refractivity contribution in [2.24, 2.45) is 0 Å². The van der Waals surface area contributed by atoms with Crippen molar-refractivity contribution in [2.45, 2.75) is 39.0 Å². The molecule has 0 unspecified atom stereocenters. The number of benzene rings is 2. The zero-order valence-corrected chi connectivity index (χ0v) is 15.3. The highest BCUT2D eigenvalue weighted by Crippen LogP contribution is 2.29. The number of nitrogens with one attached hydrogen (secondary N) is 1. The number of carbonyl (C=O) groups is 1. The summed E-state index contributed by atoms with van der Waals surface area (Å²) in [6.07, 6.45) is 4.77. The lowest BCUT2D eigenvalue weighted by atomic mass is 9.96. The number of H-pyrrole nitrogens is 1. The molecule has 0 saturated carbocycles. The second-order valence-corrected chi connectivity index (χ2v) is 6.61. The molecule has 0 aliphatic heterocycles. The fraction of sp³-hybridized carbons (Fsp3) is 0.318. The van der Waals surface area contributed by atoms with Crippen LogP contribution in [0, 0.1) is 0 Å². The molecule has 1 aromatic heterocycles. The number of methoxy groups -OCH3 is 1. The van der Waals surface area contributed by atoms with E-state index in [0.717, 1.165) is 59.9 Å². The Morgan fingerprint density at radius 3 is 2.54 bits per heavy atom. The molecule has 26 heavy (non-hydrogen) atoms. The molecular weight excluding hydrogens is 326 g/mol. The number of hydrogen-bond acceptors (Lipinski definition) is 2. The van der Waals surface area contributed by atoms with Gasteiger partial charge < -0.3 is 14.8 Å². The van der Waals surface area contributed by atoms with Gasteiger partial charge in [-0.25, -0.2) is 4.79 Å². The summed E-state index contributed by atoms with van der Waals surface area (Å²) in [5.41, 5.74) is 4.50. The molecule has 3 rings (SSSR count). The topological polar surface area (TPSA) is 62.3 Å². The van der Waals surface area contributed by atoms with Crippen molar-refractivity contribution in [1.29, 1.82) is 0 Å². The van der Waals surface area contributed by atoms with E-state index in [2.05, 4.69) is 30.1 Å². The molecule has 4 heteroatoms. The Labute approximate surface area is 153 Å². The first-order chi connectivity index (χ1) is 12.6. The lowest BCUT2D eigenvalue weighted by Gasteiger charge is -2.08. The molecule has 136 valence electrons. The first-order valence-electron chi connectivity index (χ1n) is 9.12. The third-order valence-electron chi connectivity index (χ3n) is 4.81. The molecule has 0 aliphatic carbocycles. The van der Waals surface area contributed by atoms with Gasteiger partial charge in [0, 0.05) is 10.9 Å². The van der Waals surface area contributed by atoms with E-state index < -0.39 is 5.97 Å². The molecule has 3 aromatic rings. The monoisotopic (exact) mass is 351 g/mol. The predicted octanol–water partition coefficient (Wildman–Crippen LogP) is 5.20. The quantitative estimate of drug-likeness (QED) is 0.548. The molecule has 0 radical (unpaired) electrons. The van der Waals surface area contributed by atoms with Crippen LogP contribution in [0.25, 0.3) is 10.9 Å². The van der Waals surface area contributed by atoms with Crippen LogP contribution in [0.1, 0.15) is 53.4 Å². The minimum absolute atomic E-state index is 0.332. The summed E-state index contributed by atoms with van der Waals surface area (Å²) in [6.45, 7) is 2.16. The highest BCUT2D eigenvalue weighted by Gasteiger charge is 2.19. The van der Waals surface area contributed by atoms with Crippen LogP contribution in [-0.2, 0) is 12.8 Å². The first kappa shape index (κ1) is 18.1. The van der Waals surface area contributed by atoms with E-state index in [1.807, 2.05) is 24.3 Å². The molecule has 0 spiro atoms. The maximum atomic E-state index is 11.7. The van der Waals surface area contributed by atoms with Crippen molar-refractivity contribution in [3.05, 3.63) is 64.8 Å². The Hall–Kier alpha value is -2.75. The fourth-order valence-electron chi connectivity index (χ4n) is 3.49. The number of unbranched alkanes of at least 4 members (excludes halogenated alkanes) is 2. The second kappa shape index (κ2) is 8.09. The van der Waals surface area contributed by atoms with Crippen LogP contribution in [0.3, 0.4) is 0 Å². The van der Waals surface area contributed by atoms with Gasteiger partial charge >= 0.3 is 5.97 Å². The second-order valence-electron chi connectivity index (χ2n) is 6.61. The van der Waals surface area contributed by atoms with Crippen molar-refractivity contribution in [3.63, 3.8) is 0 Å². The van der Waals surface area contributed by atoms with E-state index >= 15 is 0 Å². The molecule has 0 atom stereocenters. The van der Waals surface area contributed by atoms with Gasteiger partial charge in [-0.1, -0.05) is 44.0 Å². The largest absolute Gasteiger partial charge is 0.497 e. The first-order valence-corrected chi connectivity index (χ1v) is 9.12. The van der Waals surface area contributed by atoms with Crippen LogP contribution in [0.5, 0.6) is 5.75 Å². The SMILES string of the molecule is CCCCCc1c(C(=O)O)[nH]c2cccc(Cc3ccc(OC)cc3)c12. The van der Waals surface area contributed by atoms with Crippen molar-refractivity contribution in [1.82, 2.24) is 4.98 Å². The maximum Gasteiger partial charge on any atom is 0.352 e. The summed E-state index contributed by atoms with van der Waals surface area (Å²) in [7, 11) is 1.66. The van der Waals surface area contributed by atoms with Crippen molar-refractivity contribution >= 4 is 16.9 Å². The van der Waals surface area contributed by atoms with Gasteiger partial charge in [0.1, 0.15) is 11.4 Å². The molecule has 0 aliphatic rings. The number of aromatic carboxylic acids is 1. The Morgan fingerprint density at radius 2 is 1.88 bits per heavy atom. The zero-order valence-electron chi connectivity index (χ0n) is 15.3. The summed E-state index contributed by atoms with van der Waals surface area (Å²) >= 11 is 0. The van der Waals surface area contributed by atoms with E-state index in [4.69, 9.17) is 4.74 Å². The van der Waals surface area contributed by atoms with Crippen LogP contribution in [0.15, 0.2) is 42.5 Å². The summed E-state index contributed by atoms with van der Waals surface area (Å²) in [4.78, 5) is 14.8. The Morgan fingerprint density at radius 1 is 1.12 bits per heavy atom. The summed E-state index contributed by atoms with van der Waals surface area (Å²) < 4.78 is 5.22. The number of ether oxygens (including phenoxy) is 1. The predicted molar refractivity (Wildman–Crippen MR) is 104 cm³/mol. The summed E-state index contributed by atoms with van der Waals surface area (Å²) in [5.74, 6) is -0.0508. The average molecular weight is 351 g/mol. The fourth-order valence-corrected chi connectivity index (χ4v) is 3.49. The third-order valence-corrected chi connectivity index (χ3v) is 4.81. The number of fused-ring (bicyclic) bond motifs is 1. The van der Waals surface area contributed by atoms with Crippen molar-refractivity contribution in [2.75, 3.05) is 7.11 Å². The molecule has 1 heterocycles. The van der Waals surface area contributed by atoms with Gasteiger partial charge in [-0.2, -0.15) is 0 Å². The number of rotatable bonds is 8. The third kappa shape index (κ3) is 3.74. The molecule has 2 N–H and O–H groups in total. The van der Waals surface area contributed by atoms with E-state index in [1.165, 1.54) is 5.56 Å². The van der Waals surface area contributed by atoms with E-state index in [0.29, 0.717) is 5.69 Å².